The molecule has 0 bridgehead atoms. The zero-order valence-electron chi connectivity index (χ0n) is 10.6. The van der Waals surface area contributed by atoms with Crippen molar-refractivity contribution in [3.05, 3.63) is 12.3 Å². The summed E-state index contributed by atoms with van der Waals surface area (Å²) in [6.07, 6.45) is 2.86. The average Bonchev–Trinajstić information content (AvgIpc) is 2.74. The van der Waals surface area contributed by atoms with Crippen LogP contribution in [0.25, 0.3) is 0 Å². The van der Waals surface area contributed by atoms with Gasteiger partial charge in [0.15, 0.2) is 5.82 Å². The van der Waals surface area contributed by atoms with Gasteiger partial charge in [-0.25, -0.2) is 0 Å². The third-order valence-electron chi connectivity index (χ3n) is 2.92. The van der Waals surface area contributed by atoms with Crippen molar-refractivity contribution in [2.45, 2.75) is 26.3 Å². The van der Waals surface area contributed by atoms with Crippen LogP contribution in [0.3, 0.4) is 0 Å². The first-order chi connectivity index (χ1) is 8.15. The highest BCUT2D eigenvalue weighted by atomic mass is 15.2. The van der Waals surface area contributed by atoms with Crippen LogP contribution in [0.15, 0.2) is 12.3 Å². The molecule has 2 heterocycles. The maximum atomic E-state index is 5.91. The van der Waals surface area contributed by atoms with E-state index in [1.54, 1.807) is 6.20 Å². The lowest BCUT2D eigenvalue weighted by atomic mass is 10.2. The van der Waals surface area contributed by atoms with Crippen molar-refractivity contribution in [2.24, 2.45) is 11.7 Å². The van der Waals surface area contributed by atoms with Crippen molar-refractivity contribution in [2.75, 3.05) is 29.9 Å². The fourth-order valence-electron chi connectivity index (χ4n) is 1.95. The normalized spacial score (nSPS) is 20.0. The minimum atomic E-state index is 0.287. The van der Waals surface area contributed by atoms with Crippen molar-refractivity contribution < 1.29 is 0 Å². The molecule has 0 unspecified atom stereocenters. The van der Waals surface area contributed by atoms with Crippen LogP contribution >= 0.6 is 0 Å². The second kappa shape index (κ2) is 5.31. The summed E-state index contributed by atoms with van der Waals surface area (Å²) >= 11 is 0. The van der Waals surface area contributed by atoms with Crippen molar-refractivity contribution in [3.8, 4) is 0 Å². The van der Waals surface area contributed by atoms with Gasteiger partial charge in [0.1, 0.15) is 0 Å². The minimum Gasteiger partial charge on any atom is -0.369 e. The summed E-state index contributed by atoms with van der Waals surface area (Å²) in [7, 11) is 0. The molecule has 1 aromatic heterocycles. The van der Waals surface area contributed by atoms with Crippen LogP contribution in [0.2, 0.25) is 0 Å². The van der Waals surface area contributed by atoms with E-state index >= 15 is 0 Å². The summed E-state index contributed by atoms with van der Waals surface area (Å²) in [5.41, 5.74) is 7.02. The Kier molecular flexibility index (Phi) is 3.78. The summed E-state index contributed by atoms with van der Waals surface area (Å²) in [5, 5.41) is 11.4. The van der Waals surface area contributed by atoms with Crippen molar-refractivity contribution in [1.82, 2.24) is 10.2 Å². The van der Waals surface area contributed by atoms with Crippen LogP contribution in [-0.4, -0.2) is 35.9 Å². The van der Waals surface area contributed by atoms with Gasteiger partial charge in [0.05, 0.1) is 11.9 Å². The van der Waals surface area contributed by atoms with Gasteiger partial charge in [0.2, 0.25) is 0 Å². The molecule has 94 valence electrons. The van der Waals surface area contributed by atoms with Gasteiger partial charge >= 0.3 is 0 Å². The van der Waals surface area contributed by atoms with E-state index in [9.17, 15) is 0 Å². The van der Waals surface area contributed by atoms with E-state index in [4.69, 9.17) is 5.73 Å². The van der Waals surface area contributed by atoms with Crippen LogP contribution < -0.4 is 16.0 Å². The molecule has 2 rings (SSSR count). The number of nitrogens with two attached hydrogens (primary N) is 1. The van der Waals surface area contributed by atoms with Gasteiger partial charge in [0.25, 0.3) is 0 Å². The molecule has 1 saturated heterocycles. The molecule has 5 heteroatoms. The smallest absolute Gasteiger partial charge is 0.150 e. The molecule has 17 heavy (non-hydrogen) atoms. The summed E-state index contributed by atoms with van der Waals surface area (Å²) in [6.45, 7) is 7.18. The predicted molar refractivity (Wildman–Crippen MR) is 70.2 cm³/mol. The largest absolute Gasteiger partial charge is 0.369 e. The Balaban J connectivity index is 2.01. The van der Waals surface area contributed by atoms with Gasteiger partial charge < -0.3 is 16.0 Å². The molecule has 0 radical (unpaired) electrons. The van der Waals surface area contributed by atoms with Gasteiger partial charge in [-0.3, -0.25) is 0 Å². The number of rotatable bonds is 4. The molecule has 0 aliphatic carbocycles. The van der Waals surface area contributed by atoms with Crippen molar-refractivity contribution in [1.29, 1.82) is 0 Å². The summed E-state index contributed by atoms with van der Waals surface area (Å²) < 4.78 is 0. The van der Waals surface area contributed by atoms with Crippen LogP contribution in [0.1, 0.15) is 20.3 Å². The highest BCUT2D eigenvalue weighted by molar-refractivity contribution is 5.52. The van der Waals surface area contributed by atoms with E-state index < -0.39 is 0 Å². The Bertz CT molecular complexity index is 366. The third kappa shape index (κ3) is 3.30. The van der Waals surface area contributed by atoms with E-state index in [0.29, 0.717) is 5.92 Å². The second-order valence-corrected chi connectivity index (χ2v) is 5.07. The van der Waals surface area contributed by atoms with Gasteiger partial charge in [-0.05, 0) is 12.3 Å². The maximum absolute atomic E-state index is 5.91. The topological polar surface area (TPSA) is 67.1 Å². The van der Waals surface area contributed by atoms with Crippen LogP contribution in [0.4, 0.5) is 11.5 Å². The molecule has 0 saturated carbocycles. The van der Waals surface area contributed by atoms with Crippen molar-refractivity contribution in [3.63, 3.8) is 0 Å². The summed E-state index contributed by atoms with van der Waals surface area (Å²) in [6, 6.07) is 2.34. The van der Waals surface area contributed by atoms with E-state index in [0.717, 1.165) is 37.6 Å². The van der Waals surface area contributed by atoms with E-state index in [2.05, 4.69) is 34.3 Å². The Labute approximate surface area is 102 Å². The molecule has 0 amide bonds. The minimum absolute atomic E-state index is 0.287. The number of aromatic nitrogens is 2. The number of nitrogens with zero attached hydrogens (tertiary/aromatic N) is 3. The zero-order valence-corrected chi connectivity index (χ0v) is 10.6. The molecule has 1 aliphatic heterocycles. The molecular weight excluding hydrogens is 214 g/mol. The van der Waals surface area contributed by atoms with E-state index in [1.807, 2.05) is 6.07 Å². The van der Waals surface area contributed by atoms with E-state index in [-0.39, 0.29) is 6.04 Å². The highest BCUT2D eigenvalue weighted by Crippen LogP contribution is 2.20. The number of anilines is 2. The van der Waals surface area contributed by atoms with Crippen LogP contribution in [-0.2, 0) is 0 Å². The molecule has 1 aliphatic rings. The molecule has 0 aromatic carbocycles. The maximum Gasteiger partial charge on any atom is 0.150 e. The lowest BCUT2D eigenvalue weighted by Gasteiger charge is -2.18. The fraction of sp³-hybridized carbons (Fsp3) is 0.667. The standard InChI is InChI=1S/C12H21N5/c1-9(2)6-14-12-5-11(7-15-16-12)17-4-3-10(13)8-17/h5,7,9-10H,3-4,6,8,13H2,1-2H3,(H,14,16)/t10-/m0/s1. The first kappa shape index (κ1) is 12.1. The fourth-order valence-corrected chi connectivity index (χ4v) is 1.95. The monoisotopic (exact) mass is 235 g/mol. The number of hydrogen-bond acceptors (Lipinski definition) is 5. The second-order valence-electron chi connectivity index (χ2n) is 5.07. The molecule has 3 N–H and O–H groups in total. The van der Waals surface area contributed by atoms with Crippen LogP contribution in [0.5, 0.6) is 0 Å². The van der Waals surface area contributed by atoms with E-state index in [1.165, 1.54) is 0 Å². The molecule has 1 aromatic rings. The number of hydrogen-bond donors (Lipinski definition) is 2. The predicted octanol–water partition coefficient (Wildman–Crippen LogP) is 1.08. The Morgan fingerprint density at radius 1 is 1.59 bits per heavy atom. The molecular formula is C12H21N5. The molecule has 1 atom stereocenters. The Morgan fingerprint density at radius 3 is 3.06 bits per heavy atom. The summed E-state index contributed by atoms with van der Waals surface area (Å²) in [5.74, 6) is 1.44. The quantitative estimate of drug-likeness (QED) is 0.817. The van der Waals surface area contributed by atoms with Gasteiger partial charge in [-0.2, -0.15) is 5.10 Å². The Morgan fingerprint density at radius 2 is 2.41 bits per heavy atom. The zero-order chi connectivity index (χ0) is 12.3. The lowest BCUT2D eigenvalue weighted by molar-refractivity contribution is 0.685. The van der Waals surface area contributed by atoms with Gasteiger partial charge in [0, 0.05) is 31.7 Å². The third-order valence-corrected chi connectivity index (χ3v) is 2.92. The average molecular weight is 235 g/mol. The molecule has 5 nitrogen and oxygen atoms in total. The first-order valence-corrected chi connectivity index (χ1v) is 6.22. The lowest BCUT2D eigenvalue weighted by Crippen LogP contribution is -2.26. The van der Waals surface area contributed by atoms with Crippen LogP contribution in [0, 0.1) is 5.92 Å². The number of nitrogens with one attached hydrogen (secondary N) is 1. The SMILES string of the molecule is CC(C)CNc1cc(N2CC[C@H](N)C2)cnn1. The van der Waals surface area contributed by atoms with Crippen molar-refractivity contribution >= 4 is 11.5 Å². The summed E-state index contributed by atoms with van der Waals surface area (Å²) in [4.78, 5) is 2.26. The first-order valence-electron chi connectivity index (χ1n) is 6.22. The molecule has 0 spiro atoms. The van der Waals surface area contributed by atoms with Gasteiger partial charge in [-0.1, -0.05) is 13.8 Å². The highest BCUT2D eigenvalue weighted by Gasteiger charge is 2.19. The Hall–Kier alpha value is -1.36. The molecule has 1 fully saturated rings. The van der Waals surface area contributed by atoms with Gasteiger partial charge in [-0.15, -0.1) is 5.10 Å².